The van der Waals surface area contributed by atoms with Gasteiger partial charge in [-0.1, -0.05) is 19.4 Å². The van der Waals surface area contributed by atoms with Crippen LogP contribution >= 0.6 is 0 Å². The lowest BCUT2D eigenvalue weighted by Gasteiger charge is -2.17. The number of carbonyl (C=O) groups excluding carboxylic acids is 1. The maximum Gasteiger partial charge on any atom is 0.275 e. The number of anilines is 2. The summed E-state index contributed by atoms with van der Waals surface area (Å²) in [4.78, 5) is 22.8. The molecule has 0 radical (unpaired) electrons. The number of aromatic nitrogens is 2. The van der Waals surface area contributed by atoms with Crippen molar-refractivity contribution in [3.8, 4) is 0 Å². The maximum absolute atomic E-state index is 12.2. The molecular weight excluding hydrogens is 288 g/mol. The van der Waals surface area contributed by atoms with Crippen molar-refractivity contribution in [2.75, 3.05) is 23.8 Å². The van der Waals surface area contributed by atoms with Gasteiger partial charge < -0.3 is 10.2 Å². The molecule has 1 aromatic carbocycles. The number of rotatable bonds is 6. The lowest BCUT2D eigenvalue weighted by Crippen LogP contribution is -2.21. The van der Waals surface area contributed by atoms with Gasteiger partial charge in [-0.15, -0.1) is 0 Å². The molecule has 2 rings (SSSR count). The topological polar surface area (TPSA) is 58.1 Å². The summed E-state index contributed by atoms with van der Waals surface area (Å²) in [6.07, 6.45) is 5.40. The molecule has 0 saturated heterocycles. The molecule has 5 nitrogen and oxygen atoms in total. The number of aryl methyl sites for hydroxylation is 2. The van der Waals surface area contributed by atoms with Gasteiger partial charge in [-0.05, 0) is 43.5 Å². The molecule has 0 aliphatic heterocycles. The van der Waals surface area contributed by atoms with Crippen molar-refractivity contribution < 1.29 is 4.79 Å². The van der Waals surface area contributed by atoms with Crippen LogP contribution in [0.15, 0.2) is 30.6 Å². The first-order valence-electron chi connectivity index (χ1n) is 7.93. The quantitative estimate of drug-likeness (QED) is 0.885. The highest BCUT2D eigenvalue weighted by molar-refractivity contribution is 6.02. The summed E-state index contributed by atoms with van der Waals surface area (Å²) in [7, 11) is 1.98. The molecule has 0 spiro atoms. The Bertz CT molecular complexity index is 667. The molecule has 1 N–H and O–H groups in total. The van der Waals surface area contributed by atoms with Crippen LogP contribution in [-0.4, -0.2) is 29.5 Å². The average molecular weight is 312 g/mol. The van der Waals surface area contributed by atoms with E-state index in [1.54, 1.807) is 6.20 Å². The summed E-state index contributed by atoms with van der Waals surface area (Å²) in [5.74, 6) is 0.532. The van der Waals surface area contributed by atoms with Crippen molar-refractivity contribution in [3.63, 3.8) is 0 Å². The van der Waals surface area contributed by atoms with E-state index < -0.39 is 0 Å². The fraction of sp³-hybridized carbons (Fsp3) is 0.389. The number of carbonyl (C=O) groups is 1. The Kier molecular flexibility index (Phi) is 5.68. The smallest absolute Gasteiger partial charge is 0.275 e. The van der Waals surface area contributed by atoms with E-state index in [0.717, 1.165) is 36.5 Å². The van der Waals surface area contributed by atoms with Crippen molar-refractivity contribution in [1.82, 2.24) is 9.97 Å². The number of hydrogen-bond donors (Lipinski definition) is 1. The van der Waals surface area contributed by atoms with Crippen LogP contribution in [-0.2, 0) is 0 Å². The lowest BCUT2D eigenvalue weighted by atomic mass is 10.1. The lowest BCUT2D eigenvalue weighted by molar-refractivity contribution is 0.102. The summed E-state index contributed by atoms with van der Waals surface area (Å²) in [6, 6.07) is 5.83. The highest BCUT2D eigenvalue weighted by Crippen LogP contribution is 2.15. The molecule has 122 valence electrons. The third-order valence-electron chi connectivity index (χ3n) is 3.87. The summed E-state index contributed by atoms with van der Waals surface area (Å²) < 4.78 is 0. The second-order valence-corrected chi connectivity index (χ2v) is 5.79. The van der Waals surface area contributed by atoms with Crippen LogP contribution in [0, 0.1) is 13.8 Å². The van der Waals surface area contributed by atoms with Gasteiger partial charge in [0, 0.05) is 19.3 Å². The van der Waals surface area contributed by atoms with Gasteiger partial charge in [0.1, 0.15) is 11.5 Å². The molecule has 1 amide bonds. The van der Waals surface area contributed by atoms with E-state index in [1.165, 1.54) is 11.8 Å². The second-order valence-electron chi connectivity index (χ2n) is 5.79. The number of benzene rings is 1. The predicted octanol–water partition coefficient (Wildman–Crippen LogP) is 3.58. The zero-order valence-electron chi connectivity index (χ0n) is 14.3. The average Bonchev–Trinajstić information content (AvgIpc) is 2.56. The summed E-state index contributed by atoms with van der Waals surface area (Å²) in [6.45, 7) is 7.14. The minimum atomic E-state index is -0.247. The Labute approximate surface area is 137 Å². The van der Waals surface area contributed by atoms with Gasteiger partial charge >= 0.3 is 0 Å². The van der Waals surface area contributed by atoms with Gasteiger partial charge in [0.2, 0.25) is 0 Å². The Morgan fingerprint density at radius 2 is 1.96 bits per heavy atom. The fourth-order valence-corrected chi connectivity index (χ4v) is 2.16. The molecule has 0 atom stereocenters. The Hall–Kier alpha value is -2.43. The Morgan fingerprint density at radius 1 is 1.17 bits per heavy atom. The molecule has 23 heavy (non-hydrogen) atoms. The van der Waals surface area contributed by atoms with E-state index in [9.17, 15) is 4.79 Å². The van der Waals surface area contributed by atoms with Crippen molar-refractivity contribution in [2.45, 2.75) is 33.6 Å². The SMILES string of the molecule is CCCCN(C)c1cnc(C(=O)Nc2ccc(C)c(C)c2)cn1. The number of hydrogen-bond acceptors (Lipinski definition) is 4. The van der Waals surface area contributed by atoms with Crippen molar-refractivity contribution >= 4 is 17.4 Å². The monoisotopic (exact) mass is 312 g/mol. The number of nitrogens with zero attached hydrogens (tertiary/aromatic N) is 3. The maximum atomic E-state index is 12.2. The van der Waals surface area contributed by atoms with Crippen molar-refractivity contribution in [2.24, 2.45) is 0 Å². The fourth-order valence-electron chi connectivity index (χ4n) is 2.16. The molecule has 2 aromatic rings. The number of nitrogens with one attached hydrogen (secondary N) is 1. The van der Waals surface area contributed by atoms with Crippen LogP contribution in [0.4, 0.5) is 11.5 Å². The Morgan fingerprint density at radius 3 is 2.57 bits per heavy atom. The predicted molar refractivity (Wildman–Crippen MR) is 94.1 cm³/mol. The largest absolute Gasteiger partial charge is 0.358 e. The summed E-state index contributed by atoms with van der Waals surface area (Å²) in [5.41, 5.74) is 3.42. The highest BCUT2D eigenvalue weighted by atomic mass is 16.1. The van der Waals surface area contributed by atoms with Crippen molar-refractivity contribution in [3.05, 3.63) is 47.4 Å². The minimum Gasteiger partial charge on any atom is -0.358 e. The third-order valence-corrected chi connectivity index (χ3v) is 3.87. The van der Waals surface area contributed by atoms with Gasteiger partial charge in [-0.2, -0.15) is 0 Å². The molecule has 5 heteroatoms. The zero-order chi connectivity index (χ0) is 16.8. The van der Waals surface area contributed by atoms with E-state index in [1.807, 2.05) is 44.0 Å². The molecule has 0 aliphatic rings. The molecule has 0 saturated carbocycles. The van der Waals surface area contributed by atoms with Gasteiger partial charge in [0.25, 0.3) is 5.91 Å². The third kappa shape index (κ3) is 4.52. The number of unbranched alkanes of at least 4 members (excludes halogenated alkanes) is 1. The van der Waals surface area contributed by atoms with Gasteiger partial charge in [0.15, 0.2) is 0 Å². The molecular formula is C18H24N4O. The van der Waals surface area contributed by atoms with Gasteiger partial charge in [-0.25, -0.2) is 9.97 Å². The van der Waals surface area contributed by atoms with E-state index >= 15 is 0 Å². The van der Waals surface area contributed by atoms with Crippen LogP contribution in [0.3, 0.4) is 0 Å². The standard InChI is InChI=1S/C18H24N4O/c1-5-6-9-22(4)17-12-19-16(11-20-17)18(23)21-15-8-7-13(2)14(3)10-15/h7-8,10-12H,5-6,9H2,1-4H3,(H,21,23). The van der Waals surface area contributed by atoms with Crippen LogP contribution in [0.25, 0.3) is 0 Å². The van der Waals surface area contributed by atoms with Crippen LogP contribution in [0.2, 0.25) is 0 Å². The normalized spacial score (nSPS) is 10.4. The summed E-state index contributed by atoms with van der Waals surface area (Å²) in [5, 5.41) is 2.85. The van der Waals surface area contributed by atoms with E-state index in [-0.39, 0.29) is 5.91 Å². The van der Waals surface area contributed by atoms with Crippen LogP contribution in [0.5, 0.6) is 0 Å². The molecule has 0 unspecified atom stereocenters. The van der Waals surface area contributed by atoms with Crippen LogP contribution in [0.1, 0.15) is 41.4 Å². The first-order chi connectivity index (χ1) is 11.0. The Balaban J connectivity index is 2.03. The molecule has 1 aromatic heterocycles. The van der Waals surface area contributed by atoms with Gasteiger partial charge in [0.05, 0.1) is 12.4 Å². The van der Waals surface area contributed by atoms with E-state index in [0.29, 0.717) is 5.69 Å². The first-order valence-corrected chi connectivity index (χ1v) is 7.93. The molecule has 0 bridgehead atoms. The molecule has 0 fully saturated rings. The van der Waals surface area contributed by atoms with E-state index in [2.05, 4.69) is 22.2 Å². The number of amides is 1. The molecule has 0 aliphatic carbocycles. The second kappa shape index (κ2) is 7.72. The summed E-state index contributed by atoms with van der Waals surface area (Å²) >= 11 is 0. The van der Waals surface area contributed by atoms with E-state index in [4.69, 9.17) is 0 Å². The zero-order valence-corrected chi connectivity index (χ0v) is 14.3. The van der Waals surface area contributed by atoms with Crippen LogP contribution < -0.4 is 10.2 Å². The van der Waals surface area contributed by atoms with Gasteiger partial charge in [-0.3, -0.25) is 4.79 Å². The highest BCUT2D eigenvalue weighted by Gasteiger charge is 2.10. The minimum absolute atomic E-state index is 0.247. The van der Waals surface area contributed by atoms with Crippen molar-refractivity contribution in [1.29, 1.82) is 0 Å². The first kappa shape index (κ1) is 16.9. The molecule has 1 heterocycles.